The van der Waals surface area contributed by atoms with Gasteiger partial charge in [-0.3, -0.25) is 4.68 Å². The molecule has 1 N–H and O–H groups in total. The zero-order chi connectivity index (χ0) is 14.0. The molecule has 0 saturated carbocycles. The third kappa shape index (κ3) is 2.81. The molecule has 0 amide bonds. The summed E-state index contributed by atoms with van der Waals surface area (Å²) >= 11 is 0. The Hall–Kier alpha value is -1.75. The van der Waals surface area contributed by atoms with Gasteiger partial charge in [-0.15, -0.1) is 0 Å². The Balaban J connectivity index is 2.28. The van der Waals surface area contributed by atoms with Crippen molar-refractivity contribution in [2.75, 3.05) is 0 Å². The van der Waals surface area contributed by atoms with Crippen molar-refractivity contribution in [2.45, 2.75) is 25.9 Å². The fourth-order valence-corrected chi connectivity index (χ4v) is 2.14. The molecule has 0 aliphatic heterocycles. The molecule has 2 aromatic rings. The van der Waals surface area contributed by atoms with Gasteiger partial charge in [-0.25, -0.2) is 8.78 Å². The summed E-state index contributed by atoms with van der Waals surface area (Å²) in [5.41, 5.74) is 1.26. The predicted molar refractivity (Wildman–Crippen MR) is 67.6 cm³/mol. The van der Waals surface area contributed by atoms with Gasteiger partial charge in [0.2, 0.25) is 0 Å². The van der Waals surface area contributed by atoms with Crippen LogP contribution in [0.3, 0.4) is 0 Å². The number of rotatable bonds is 4. The Morgan fingerprint density at radius 2 is 1.95 bits per heavy atom. The van der Waals surface area contributed by atoms with Crippen molar-refractivity contribution in [3.05, 3.63) is 52.9 Å². The zero-order valence-electron chi connectivity index (χ0n) is 10.9. The number of hydrogen-bond donors (Lipinski definition) is 1. The Bertz CT molecular complexity index is 561. The lowest BCUT2D eigenvalue weighted by Crippen LogP contribution is -2.07. The Morgan fingerprint density at radius 3 is 2.53 bits per heavy atom. The van der Waals surface area contributed by atoms with Crippen LogP contribution in [0.2, 0.25) is 0 Å². The molecule has 1 aromatic heterocycles. The third-order valence-electron chi connectivity index (χ3n) is 3.09. The van der Waals surface area contributed by atoms with Crippen LogP contribution in [0.25, 0.3) is 0 Å². The first kappa shape index (κ1) is 13.7. The van der Waals surface area contributed by atoms with E-state index in [-0.39, 0.29) is 12.0 Å². The van der Waals surface area contributed by atoms with E-state index in [9.17, 15) is 13.9 Å². The molecule has 0 bridgehead atoms. The molecule has 3 nitrogen and oxygen atoms in total. The Morgan fingerprint density at radius 1 is 1.32 bits per heavy atom. The van der Waals surface area contributed by atoms with Crippen molar-refractivity contribution in [3.8, 4) is 0 Å². The molecule has 1 atom stereocenters. The molecule has 0 fully saturated rings. The first-order chi connectivity index (χ1) is 9.02. The van der Waals surface area contributed by atoms with E-state index in [4.69, 9.17) is 0 Å². The van der Waals surface area contributed by atoms with E-state index < -0.39 is 17.7 Å². The second kappa shape index (κ2) is 5.48. The summed E-state index contributed by atoms with van der Waals surface area (Å²) in [6.07, 6.45) is 1.28. The topological polar surface area (TPSA) is 38.0 Å². The van der Waals surface area contributed by atoms with Crippen LogP contribution in [-0.2, 0) is 19.9 Å². The minimum atomic E-state index is -0.963. The van der Waals surface area contributed by atoms with Crippen molar-refractivity contribution in [3.63, 3.8) is 0 Å². The zero-order valence-corrected chi connectivity index (χ0v) is 10.9. The molecule has 1 heterocycles. The molecule has 2 rings (SSSR count). The number of aliphatic hydroxyl groups excluding tert-OH is 1. The van der Waals surface area contributed by atoms with Gasteiger partial charge < -0.3 is 5.11 Å². The average molecular weight is 266 g/mol. The van der Waals surface area contributed by atoms with Gasteiger partial charge in [0.1, 0.15) is 11.6 Å². The van der Waals surface area contributed by atoms with Crippen molar-refractivity contribution >= 4 is 0 Å². The molecule has 1 aromatic carbocycles. The minimum absolute atomic E-state index is 0.0964. The Kier molecular flexibility index (Phi) is 3.95. The smallest absolute Gasteiger partial charge is 0.129 e. The van der Waals surface area contributed by atoms with Crippen molar-refractivity contribution < 1.29 is 13.9 Å². The fourth-order valence-electron chi connectivity index (χ4n) is 2.14. The quantitative estimate of drug-likeness (QED) is 0.923. The van der Waals surface area contributed by atoms with Crippen molar-refractivity contribution in [1.29, 1.82) is 0 Å². The van der Waals surface area contributed by atoms with E-state index in [0.29, 0.717) is 12.0 Å². The summed E-state index contributed by atoms with van der Waals surface area (Å²) < 4.78 is 28.7. The second-order valence-electron chi connectivity index (χ2n) is 4.48. The maximum atomic E-state index is 13.5. The molecule has 0 aliphatic carbocycles. The molecule has 1 unspecified atom stereocenters. The number of aromatic nitrogens is 2. The first-order valence-electron chi connectivity index (χ1n) is 6.16. The lowest BCUT2D eigenvalue weighted by molar-refractivity contribution is 0.174. The van der Waals surface area contributed by atoms with Gasteiger partial charge in [-0.2, -0.15) is 5.10 Å². The number of benzene rings is 1. The highest BCUT2D eigenvalue weighted by atomic mass is 19.1. The van der Waals surface area contributed by atoms with Gasteiger partial charge in [0, 0.05) is 30.8 Å². The van der Waals surface area contributed by atoms with Gasteiger partial charge in [0.15, 0.2) is 0 Å². The minimum Gasteiger partial charge on any atom is -0.388 e. The van der Waals surface area contributed by atoms with Gasteiger partial charge in [0.05, 0.1) is 11.8 Å². The van der Waals surface area contributed by atoms with Crippen LogP contribution in [0.1, 0.15) is 29.8 Å². The number of aliphatic hydroxyl groups is 1. The van der Waals surface area contributed by atoms with Crippen LogP contribution in [0.15, 0.2) is 24.4 Å². The van der Waals surface area contributed by atoms with E-state index in [0.717, 1.165) is 5.69 Å². The van der Waals surface area contributed by atoms with Crippen LogP contribution in [-0.4, -0.2) is 14.9 Å². The van der Waals surface area contributed by atoms with Crippen LogP contribution < -0.4 is 0 Å². The normalized spacial score (nSPS) is 12.7. The highest BCUT2D eigenvalue weighted by Gasteiger charge is 2.19. The monoisotopic (exact) mass is 266 g/mol. The maximum Gasteiger partial charge on any atom is 0.129 e. The molecule has 19 heavy (non-hydrogen) atoms. The SMILES string of the molecule is CCc1nn(C)cc1C(O)Cc1c(F)cccc1F. The van der Waals surface area contributed by atoms with Gasteiger partial charge in [0.25, 0.3) is 0 Å². The third-order valence-corrected chi connectivity index (χ3v) is 3.09. The molecule has 0 aliphatic rings. The average Bonchev–Trinajstić information content (AvgIpc) is 2.75. The summed E-state index contributed by atoms with van der Waals surface area (Å²) in [6, 6.07) is 3.69. The van der Waals surface area contributed by atoms with E-state index in [1.807, 2.05) is 6.92 Å². The van der Waals surface area contributed by atoms with Gasteiger partial charge >= 0.3 is 0 Å². The van der Waals surface area contributed by atoms with Crippen LogP contribution in [0, 0.1) is 11.6 Å². The van der Waals surface area contributed by atoms with E-state index in [1.165, 1.54) is 18.2 Å². The predicted octanol–water partition coefficient (Wildman–Crippen LogP) is 2.54. The van der Waals surface area contributed by atoms with E-state index >= 15 is 0 Å². The highest BCUT2D eigenvalue weighted by Crippen LogP contribution is 2.24. The maximum absolute atomic E-state index is 13.5. The fraction of sp³-hybridized carbons (Fsp3) is 0.357. The number of hydrogen-bond acceptors (Lipinski definition) is 2. The number of aryl methyl sites for hydroxylation is 2. The summed E-state index contributed by atoms with van der Waals surface area (Å²) in [7, 11) is 1.75. The molecular weight excluding hydrogens is 250 g/mol. The number of halogens is 2. The number of nitrogens with zero attached hydrogens (tertiary/aromatic N) is 2. The molecule has 102 valence electrons. The standard InChI is InChI=1S/C14H16F2N2O/c1-3-13-10(8-18(2)17-13)14(19)7-9-11(15)5-4-6-12(9)16/h4-6,8,14,19H,3,7H2,1-2H3. The molecule has 0 saturated heterocycles. The summed E-state index contributed by atoms with van der Waals surface area (Å²) in [6.45, 7) is 1.92. The summed E-state index contributed by atoms with van der Waals surface area (Å²) in [4.78, 5) is 0. The molecule has 0 radical (unpaired) electrons. The molecule has 5 heteroatoms. The first-order valence-corrected chi connectivity index (χ1v) is 6.16. The van der Waals surface area contributed by atoms with E-state index in [2.05, 4.69) is 5.10 Å². The van der Waals surface area contributed by atoms with Crippen LogP contribution in [0.5, 0.6) is 0 Å². The van der Waals surface area contributed by atoms with Gasteiger partial charge in [-0.1, -0.05) is 13.0 Å². The Labute approximate surface area is 110 Å². The summed E-state index contributed by atoms with van der Waals surface area (Å²) in [5, 5.41) is 14.4. The molecular formula is C14H16F2N2O. The van der Waals surface area contributed by atoms with Crippen molar-refractivity contribution in [2.24, 2.45) is 7.05 Å². The summed E-state index contributed by atoms with van der Waals surface area (Å²) in [5.74, 6) is -1.28. The van der Waals surface area contributed by atoms with Crippen molar-refractivity contribution in [1.82, 2.24) is 9.78 Å². The lowest BCUT2D eigenvalue weighted by Gasteiger charge is -2.11. The van der Waals surface area contributed by atoms with E-state index in [1.54, 1.807) is 17.9 Å². The second-order valence-corrected chi connectivity index (χ2v) is 4.48. The van der Waals surface area contributed by atoms with Crippen LogP contribution in [0.4, 0.5) is 8.78 Å². The lowest BCUT2D eigenvalue weighted by atomic mass is 10.0. The van der Waals surface area contributed by atoms with Gasteiger partial charge in [-0.05, 0) is 18.6 Å². The highest BCUT2D eigenvalue weighted by molar-refractivity contribution is 5.26. The molecule has 0 spiro atoms. The van der Waals surface area contributed by atoms with Crippen LogP contribution >= 0.6 is 0 Å². The largest absolute Gasteiger partial charge is 0.388 e.